The van der Waals surface area contributed by atoms with Gasteiger partial charge in [-0.1, -0.05) is 30.1 Å². The number of fused-ring (bicyclic) bond motifs is 1. The molecule has 0 saturated carbocycles. The van der Waals surface area contributed by atoms with E-state index in [1.165, 1.54) is 12.8 Å². The van der Waals surface area contributed by atoms with Gasteiger partial charge in [0.1, 0.15) is 0 Å². The van der Waals surface area contributed by atoms with Gasteiger partial charge in [-0.2, -0.15) is 0 Å². The van der Waals surface area contributed by atoms with Crippen molar-refractivity contribution in [2.24, 2.45) is 5.92 Å². The number of rotatable bonds is 2. The van der Waals surface area contributed by atoms with Gasteiger partial charge >= 0.3 is 0 Å². The molecule has 0 amide bonds. The van der Waals surface area contributed by atoms with Crippen molar-refractivity contribution in [3.05, 3.63) is 27.1 Å². The molecule has 0 unspecified atom stereocenters. The van der Waals surface area contributed by atoms with E-state index in [2.05, 4.69) is 16.9 Å². The van der Waals surface area contributed by atoms with E-state index in [9.17, 15) is 0 Å². The molecule has 3 heterocycles. The Morgan fingerprint density at radius 3 is 2.75 bits per heavy atom. The largest absolute Gasteiger partial charge is 0.284 e. The predicted molar refractivity (Wildman–Crippen MR) is 84.0 cm³/mol. The first-order valence-corrected chi connectivity index (χ1v) is 7.87. The zero-order valence-corrected chi connectivity index (χ0v) is 13.5. The van der Waals surface area contributed by atoms with Gasteiger partial charge < -0.3 is 0 Å². The first-order chi connectivity index (χ1) is 9.54. The maximum atomic E-state index is 6.17. The maximum absolute atomic E-state index is 6.17. The normalized spacial score (nSPS) is 17.9. The number of pyridine rings is 1. The van der Waals surface area contributed by atoms with E-state index in [0.29, 0.717) is 27.1 Å². The number of likely N-dealkylation sites (tertiary alicyclic amines) is 1. The number of hydrogen-bond acceptors (Lipinski definition) is 3. The van der Waals surface area contributed by atoms with E-state index >= 15 is 0 Å². The first kappa shape index (κ1) is 14.3. The van der Waals surface area contributed by atoms with Crippen molar-refractivity contribution in [1.29, 1.82) is 0 Å². The summed E-state index contributed by atoms with van der Waals surface area (Å²) in [5.74, 6) is 0.813. The molecule has 0 atom stereocenters. The second-order valence-corrected chi connectivity index (χ2v) is 6.63. The minimum Gasteiger partial charge on any atom is -0.284 e. The topological polar surface area (TPSA) is 25.5 Å². The molecule has 0 N–H and O–H groups in total. The highest BCUT2D eigenvalue weighted by Crippen LogP contribution is 2.22. The van der Waals surface area contributed by atoms with Crippen molar-refractivity contribution in [3.8, 4) is 0 Å². The van der Waals surface area contributed by atoms with Crippen LogP contribution in [0, 0.1) is 10.7 Å². The summed E-state index contributed by atoms with van der Waals surface area (Å²) >= 11 is 17.6. The van der Waals surface area contributed by atoms with Gasteiger partial charge in [0, 0.05) is 19.3 Å². The summed E-state index contributed by atoms with van der Waals surface area (Å²) in [5, 5.41) is 5.59. The van der Waals surface area contributed by atoms with Gasteiger partial charge in [-0.25, -0.2) is 4.68 Å². The van der Waals surface area contributed by atoms with E-state index in [1.807, 2.05) is 4.68 Å². The predicted octanol–water partition coefficient (Wildman–Crippen LogP) is 3.86. The molecule has 20 heavy (non-hydrogen) atoms. The summed E-state index contributed by atoms with van der Waals surface area (Å²) in [6.07, 6.45) is 4.22. The number of piperidine rings is 1. The molecule has 1 aliphatic heterocycles. The van der Waals surface area contributed by atoms with Crippen molar-refractivity contribution in [2.75, 3.05) is 13.1 Å². The van der Waals surface area contributed by atoms with E-state index < -0.39 is 0 Å². The van der Waals surface area contributed by atoms with E-state index in [1.54, 1.807) is 16.7 Å². The second kappa shape index (κ2) is 5.64. The van der Waals surface area contributed by atoms with Crippen LogP contribution < -0.4 is 0 Å². The summed E-state index contributed by atoms with van der Waals surface area (Å²) < 4.78 is 4.22. The molecule has 3 rings (SSSR count). The molecular formula is C13H16Cl2N4S. The van der Waals surface area contributed by atoms with Crippen LogP contribution >= 0.6 is 35.4 Å². The number of hydrogen-bond donors (Lipinski definition) is 0. The lowest BCUT2D eigenvalue weighted by molar-refractivity contribution is 0.146. The molecule has 0 bridgehead atoms. The smallest absolute Gasteiger partial charge is 0.203 e. The Labute approximate surface area is 132 Å². The Bertz CT molecular complexity index is 685. The Balaban J connectivity index is 1.91. The van der Waals surface area contributed by atoms with Crippen LogP contribution in [0.15, 0.2) is 12.3 Å². The van der Waals surface area contributed by atoms with Crippen LogP contribution in [0.3, 0.4) is 0 Å². The summed E-state index contributed by atoms with van der Waals surface area (Å²) in [6, 6.07) is 1.69. The second-order valence-electron chi connectivity index (χ2n) is 5.42. The molecule has 1 fully saturated rings. The fourth-order valence-electron chi connectivity index (χ4n) is 2.53. The average Bonchev–Trinajstić information content (AvgIpc) is 2.71. The van der Waals surface area contributed by atoms with Crippen molar-refractivity contribution in [1.82, 2.24) is 19.1 Å². The Kier molecular flexibility index (Phi) is 4.04. The summed E-state index contributed by atoms with van der Waals surface area (Å²) in [4.78, 5) is 2.37. The van der Waals surface area contributed by atoms with Crippen molar-refractivity contribution in [3.63, 3.8) is 0 Å². The third kappa shape index (κ3) is 2.72. The van der Waals surface area contributed by atoms with Gasteiger partial charge in [0.15, 0.2) is 5.65 Å². The maximum Gasteiger partial charge on any atom is 0.203 e. The fraction of sp³-hybridized carbons (Fsp3) is 0.538. The first-order valence-electron chi connectivity index (χ1n) is 6.71. The Morgan fingerprint density at radius 1 is 1.35 bits per heavy atom. The standard InChI is InChI=1S/C13H16Cl2N4S/c1-9-2-4-17(5-3-9)8-19-13(20)18-7-10(14)6-11(15)12(18)16-19/h6-7,9H,2-5,8H2,1H3. The van der Waals surface area contributed by atoms with Crippen LogP contribution in [0.4, 0.5) is 0 Å². The van der Waals surface area contributed by atoms with Crippen LogP contribution in [0.25, 0.3) is 5.65 Å². The van der Waals surface area contributed by atoms with Gasteiger partial charge in [0.2, 0.25) is 4.77 Å². The van der Waals surface area contributed by atoms with Crippen molar-refractivity contribution in [2.45, 2.75) is 26.4 Å². The van der Waals surface area contributed by atoms with Gasteiger partial charge in [0.05, 0.1) is 16.7 Å². The van der Waals surface area contributed by atoms with Crippen LogP contribution in [-0.2, 0) is 6.67 Å². The van der Waals surface area contributed by atoms with Gasteiger partial charge in [-0.3, -0.25) is 9.30 Å². The zero-order chi connectivity index (χ0) is 14.3. The lowest BCUT2D eigenvalue weighted by Crippen LogP contribution is -2.34. The molecule has 108 valence electrons. The van der Waals surface area contributed by atoms with Crippen LogP contribution in [0.2, 0.25) is 10.0 Å². The van der Waals surface area contributed by atoms with E-state index in [0.717, 1.165) is 19.0 Å². The number of nitrogens with zero attached hydrogens (tertiary/aromatic N) is 4. The third-order valence-corrected chi connectivity index (χ3v) is 4.70. The lowest BCUT2D eigenvalue weighted by atomic mass is 10.00. The molecular weight excluding hydrogens is 315 g/mol. The monoisotopic (exact) mass is 330 g/mol. The van der Waals surface area contributed by atoms with Gasteiger partial charge in [-0.05, 0) is 37.0 Å². The van der Waals surface area contributed by atoms with Gasteiger partial charge in [0.25, 0.3) is 0 Å². The van der Waals surface area contributed by atoms with E-state index in [4.69, 9.17) is 35.4 Å². The minimum atomic E-state index is 0.523. The van der Waals surface area contributed by atoms with Crippen LogP contribution in [0.5, 0.6) is 0 Å². The molecule has 7 heteroatoms. The summed E-state index contributed by atoms with van der Waals surface area (Å²) in [6.45, 7) is 5.19. The Hall–Kier alpha value is -0.620. The van der Waals surface area contributed by atoms with Crippen molar-refractivity contribution >= 4 is 41.1 Å². The molecule has 2 aromatic heterocycles. The molecule has 2 aromatic rings. The highest BCUT2D eigenvalue weighted by Gasteiger charge is 2.17. The third-order valence-electron chi connectivity index (χ3n) is 3.81. The molecule has 1 aliphatic rings. The number of aromatic nitrogens is 3. The van der Waals surface area contributed by atoms with E-state index in [-0.39, 0.29) is 0 Å². The molecule has 0 spiro atoms. The minimum absolute atomic E-state index is 0.523. The Morgan fingerprint density at radius 2 is 2.05 bits per heavy atom. The van der Waals surface area contributed by atoms with Gasteiger partial charge in [-0.15, -0.1) is 5.10 Å². The quantitative estimate of drug-likeness (QED) is 0.782. The lowest BCUT2D eigenvalue weighted by Gasteiger charge is -2.29. The number of halogens is 2. The molecule has 0 radical (unpaired) electrons. The van der Waals surface area contributed by atoms with Crippen LogP contribution in [-0.4, -0.2) is 32.2 Å². The highest BCUT2D eigenvalue weighted by molar-refractivity contribution is 7.71. The molecule has 0 aromatic carbocycles. The molecule has 0 aliphatic carbocycles. The fourth-order valence-corrected chi connectivity index (χ4v) is 3.28. The molecule has 1 saturated heterocycles. The summed E-state index contributed by atoms with van der Waals surface area (Å²) in [7, 11) is 0. The van der Waals surface area contributed by atoms with Crippen LogP contribution in [0.1, 0.15) is 19.8 Å². The highest BCUT2D eigenvalue weighted by atomic mass is 35.5. The van der Waals surface area contributed by atoms with Crippen molar-refractivity contribution < 1.29 is 0 Å². The summed E-state index contributed by atoms with van der Waals surface area (Å²) in [5.41, 5.74) is 0.659. The average molecular weight is 331 g/mol. The zero-order valence-electron chi connectivity index (χ0n) is 11.2. The SMILES string of the molecule is CC1CCN(Cn2nc3c(Cl)cc(Cl)cn3c2=S)CC1. The molecule has 4 nitrogen and oxygen atoms in total.